The summed E-state index contributed by atoms with van der Waals surface area (Å²) in [4.78, 5) is 0. The number of nitrogens with one attached hydrogen (secondary N) is 1. The summed E-state index contributed by atoms with van der Waals surface area (Å²) in [6, 6.07) is 8.23. The summed E-state index contributed by atoms with van der Waals surface area (Å²) in [5.41, 5.74) is 2.74. The van der Waals surface area contributed by atoms with Crippen LogP contribution in [0, 0.1) is 5.92 Å². The van der Waals surface area contributed by atoms with E-state index in [9.17, 15) is 0 Å². The van der Waals surface area contributed by atoms with Crippen molar-refractivity contribution in [1.82, 2.24) is 5.32 Å². The average molecular weight is 257 g/mol. The third-order valence-electron chi connectivity index (χ3n) is 4.26. The van der Waals surface area contributed by atoms with Gasteiger partial charge in [-0.3, -0.25) is 5.32 Å². The third kappa shape index (κ3) is 2.04. The van der Waals surface area contributed by atoms with Crippen molar-refractivity contribution in [2.45, 2.75) is 32.9 Å². The van der Waals surface area contributed by atoms with E-state index >= 15 is 0 Å². The molecule has 3 heterocycles. The van der Waals surface area contributed by atoms with Crippen molar-refractivity contribution in [3.63, 3.8) is 0 Å². The molecule has 2 aromatic heterocycles. The molecule has 0 fully saturated rings. The lowest BCUT2D eigenvalue weighted by Gasteiger charge is -2.36. The Labute approximate surface area is 113 Å². The van der Waals surface area contributed by atoms with Gasteiger partial charge in [-0.2, -0.15) is 0 Å². The summed E-state index contributed by atoms with van der Waals surface area (Å²) in [7, 11) is 0. The van der Waals surface area contributed by atoms with E-state index < -0.39 is 0 Å². The Kier molecular flexibility index (Phi) is 3.07. The monoisotopic (exact) mass is 257 g/mol. The molecule has 3 nitrogen and oxygen atoms in total. The molecule has 1 N–H and O–H groups in total. The van der Waals surface area contributed by atoms with Gasteiger partial charge in [-0.05, 0) is 49.6 Å². The molecule has 1 aliphatic heterocycles. The van der Waals surface area contributed by atoms with Crippen LogP contribution < -0.4 is 5.32 Å². The maximum atomic E-state index is 5.58. The fourth-order valence-electron chi connectivity index (χ4n) is 2.83. The molecule has 3 rings (SSSR count). The number of hydrogen-bond donors (Lipinski definition) is 1. The van der Waals surface area contributed by atoms with Gasteiger partial charge in [-0.15, -0.1) is 0 Å². The van der Waals surface area contributed by atoms with Gasteiger partial charge in [0.2, 0.25) is 0 Å². The highest BCUT2D eigenvalue weighted by molar-refractivity contribution is 5.30. The van der Waals surface area contributed by atoms with Gasteiger partial charge < -0.3 is 8.83 Å². The predicted octanol–water partition coefficient (Wildman–Crippen LogP) is 4.23. The average Bonchev–Trinajstić information content (AvgIpc) is 3.08. The van der Waals surface area contributed by atoms with Gasteiger partial charge in [0.1, 0.15) is 11.5 Å². The Balaban J connectivity index is 1.99. The SMILES string of the molecule is CC1=C(C)[C@@H](c2ccco2)N[C@@H](c2ccco2)[C@@H]1C. The highest BCUT2D eigenvalue weighted by Gasteiger charge is 2.34. The molecule has 0 spiro atoms. The van der Waals surface area contributed by atoms with Crippen molar-refractivity contribution >= 4 is 0 Å². The van der Waals surface area contributed by atoms with E-state index in [4.69, 9.17) is 8.83 Å². The van der Waals surface area contributed by atoms with Crippen molar-refractivity contribution < 1.29 is 8.83 Å². The van der Waals surface area contributed by atoms with Crippen molar-refractivity contribution in [2.24, 2.45) is 5.92 Å². The molecule has 0 aromatic carbocycles. The molecule has 0 bridgehead atoms. The van der Waals surface area contributed by atoms with E-state index in [1.807, 2.05) is 24.3 Å². The first-order chi connectivity index (χ1) is 9.18. The molecule has 0 radical (unpaired) electrons. The standard InChI is InChI=1S/C16H19NO2/c1-10-11(2)15(13-6-4-8-18-13)17-16(12(10)3)14-7-5-9-19-14/h4-9,11,15-17H,1-3H3/t11-,15-,16+/m1/s1. The maximum absolute atomic E-state index is 5.58. The van der Waals surface area contributed by atoms with Crippen LogP contribution in [0.1, 0.15) is 44.4 Å². The third-order valence-corrected chi connectivity index (χ3v) is 4.26. The van der Waals surface area contributed by atoms with Gasteiger partial charge in [-0.1, -0.05) is 12.5 Å². The summed E-state index contributed by atoms with van der Waals surface area (Å²) >= 11 is 0. The van der Waals surface area contributed by atoms with Crippen LogP contribution in [0.2, 0.25) is 0 Å². The van der Waals surface area contributed by atoms with E-state index in [1.165, 1.54) is 11.1 Å². The molecule has 100 valence electrons. The van der Waals surface area contributed by atoms with Crippen LogP contribution in [0.25, 0.3) is 0 Å². The van der Waals surface area contributed by atoms with E-state index in [0.29, 0.717) is 5.92 Å². The molecule has 0 unspecified atom stereocenters. The first-order valence-corrected chi connectivity index (χ1v) is 6.68. The zero-order valence-corrected chi connectivity index (χ0v) is 11.5. The molecule has 0 aliphatic carbocycles. The molecule has 0 amide bonds. The number of hydrogen-bond acceptors (Lipinski definition) is 3. The van der Waals surface area contributed by atoms with Crippen LogP contribution in [0.5, 0.6) is 0 Å². The van der Waals surface area contributed by atoms with Crippen molar-refractivity contribution in [3.8, 4) is 0 Å². The molecule has 19 heavy (non-hydrogen) atoms. The molecule has 0 saturated heterocycles. The quantitative estimate of drug-likeness (QED) is 0.818. The highest BCUT2D eigenvalue weighted by atomic mass is 16.3. The zero-order chi connectivity index (χ0) is 13.4. The minimum absolute atomic E-state index is 0.126. The number of rotatable bonds is 2. The fraction of sp³-hybridized carbons (Fsp3) is 0.375. The molecular weight excluding hydrogens is 238 g/mol. The molecule has 3 heteroatoms. The van der Waals surface area contributed by atoms with Crippen LogP contribution in [-0.4, -0.2) is 0 Å². The Bertz CT molecular complexity index is 566. The molecule has 0 saturated carbocycles. The van der Waals surface area contributed by atoms with E-state index in [0.717, 1.165) is 11.5 Å². The lowest BCUT2D eigenvalue weighted by Crippen LogP contribution is -2.36. The first kappa shape index (κ1) is 12.3. The number of furan rings is 2. The van der Waals surface area contributed by atoms with Gasteiger partial charge in [0.15, 0.2) is 0 Å². The smallest absolute Gasteiger partial charge is 0.124 e. The molecule has 2 aromatic rings. The van der Waals surface area contributed by atoms with Crippen molar-refractivity contribution in [3.05, 3.63) is 59.5 Å². The minimum Gasteiger partial charge on any atom is -0.468 e. The van der Waals surface area contributed by atoms with Gasteiger partial charge in [0.25, 0.3) is 0 Å². The first-order valence-electron chi connectivity index (χ1n) is 6.68. The lowest BCUT2D eigenvalue weighted by atomic mass is 9.82. The van der Waals surface area contributed by atoms with Gasteiger partial charge in [0, 0.05) is 0 Å². The van der Waals surface area contributed by atoms with Crippen LogP contribution in [0.3, 0.4) is 0 Å². The minimum atomic E-state index is 0.126. The van der Waals surface area contributed by atoms with Gasteiger partial charge >= 0.3 is 0 Å². The van der Waals surface area contributed by atoms with Crippen LogP contribution in [0.15, 0.2) is 56.8 Å². The van der Waals surface area contributed by atoms with Crippen LogP contribution >= 0.6 is 0 Å². The van der Waals surface area contributed by atoms with E-state index in [1.54, 1.807) is 12.5 Å². The van der Waals surface area contributed by atoms with Gasteiger partial charge in [0.05, 0.1) is 24.6 Å². The highest BCUT2D eigenvalue weighted by Crippen LogP contribution is 2.40. The maximum Gasteiger partial charge on any atom is 0.124 e. The Morgan fingerprint density at radius 3 is 2.16 bits per heavy atom. The van der Waals surface area contributed by atoms with E-state index in [2.05, 4.69) is 26.1 Å². The lowest BCUT2D eigenvalue weighted by molar-refractivity contribution is 0.292. The van der Waals surface area contributed by atoms with Crippen LogP contribution in [-0.2, 0) is 0 Å². The van der Waals surface area contributed by atoms with Gasteiger partial charge in [-0.25, -0.2) is 0 Å². The molecule has 3 atom stereocenters. The van der Waals surface area contributed by atoms with Crippen LogP contribution in [0.4, 0.5) is 0 Å². The largest absolute Gasteiger partial charge is 0.468 e. The fourth-order valence-corrected chi connectivity index (χ4v) is 2.83. The Morgan fingerprint density at radius 1 is 0.947 bits per heavy atom. The second-order valence-corrected chi connectivity index (χ2v) is 5.26. The Morgan fingerprint density at radius 2 is 1.58 bits per heavy atom. The molecular formula is C16H19NO2. The zero-order valence-electron chi connectivity index (χ0n) is 11.5. The van der Waals surface area contributed by atoms with Crippen molar-refractivity contribution in [2.75, 3.05) is 0 Å². The summed E-state index contributed by atoms with van der Waals surface area (Å²) in [5, 5.41) is 3.64. The predicted molar refractivity (Wildman–Crippen MR) is 73.6 cm³/mol. The summed E-state index contributed by atoms with van der Waals surface area (Å²) in [5.74, 6) is 2.36. The Hall–Kier alpha value is -1.74. The topological polar surface area (TPSA) is 38.3 Å². The van der Waals surface area contributed by atoms with E-state index in [-0.39, 0.29) is 12.1 Å². The second kappa shape index (κ2) is 4.74. The summed E-state index contributed by atoms with van der Waals surface area (Å²) in [6.45, 7) is 6.61. The molecule has 1 aliphatic rings. The normalized spacial score (nSPS) is 27.8. The summed E-state index contributed by atoms with van der Waals surface area (Å²) in [6.07, 6.45) is 3.45. The second-order valence-electron chi connectivity index (χ2n) is 5.26. The summed E-state index contributed by atoms with van der Waals surface area (Å²) < 4.78 is 11.1. The van der Waals surface area contributed by atoms with Crippen molar-refractivity contribution in [1.29, 1.82) is 0 Å².